The highest BCUT2D eigenvalue weighted by Gasteiger charge is 2.24. The van der Waals surface area contributed by atoms with Crippen molar-refractivity contribution in [3.8, 4) is 17.1 Å². The molecule has 0 saturated heterocycles. The van der Waals surface area contributed by atoms with Crippen LogP contribution in [0.2, 0.25) is 0 Å². The number of anilines is 1. The van der Waals surface area contributed by atoms with E-state index in [2.05, 4.69) is 22.4 Å². The van der Waals surface area contributed by atoms with Crippen LogP contribution >= 0.6 is 0 Å². The van der Waals surface area contributed by atoms with Crippen LogP contribution in [0.1, 0.15) is 38.6 Å². The fourth-order valence-electron chi connectivity index (χ4n) is 2.96. The lowest BCUT2D eigenvalue weighted by molar-refractivity contribution is 0.272. The zero-order valence-electron chi connectivity index (χ0n) is 12.5. The third-order valence-electron chi connectivity index (χ3n) is 4.33. The third kappa shape index (κ3) is 2.70. The van der Waals surface area contributed by atoms with Crippen molar-refractivity contribution < 1.29 is 4.74 Å². The number of ether oxygens (including phenoxy) is 1. The molecule has 0 atom stereocenters. The lowest BCUT2D eigenvalue weighted by atomic mass is 9.87. The zero-order valence-corrected chi connectivity index (χ0v) is 12.5. The number of hydrogen-bond acceptors (Lipinski definition) is 5. The molecule has 3 rings (SSSR count). The molecule has 112 valence electrons. The van der Waals surface area contributed by atoms with Gasteiger partial charge in [-0.05, 0) is 60.2 Å². The first kappa shape index (κ1) is 13.9. The molecule has 0 bridgehead atoms. The van der Waals surface area contributed by atoms with E-state index in [1.165, 1.54) is 12.8 Å². The summed E-state index contributed by atoms with van der Waals surface area (Å²) in [5, 5.41) is 12.2. The summed E-state index contributed by atoms with van der Waals surface area (Å²) in [6, 6.07) is 5.92. The van der Waals surface area contributed by atoms with Gasteiger partial charge in [0, 0.05) is 11.3 Å². The van der Waals surface area contributed by atoms with Crippen molar-refractivity contribution in [2.75, 3.05) is 12.8 Å². The van der Waals surface area contributed by atoms with E-state index in [1.807, 2.05) is 22.9 Å². The SMILES string of the molecule is COc1ccc(N)c(-c2nnnn2C2CCC(C)CC2)c1. The Balaban J connectivity index is 1.95. The molecule has 0 aliphatic heterocycles. The van der Waals surface area contributed by atoms with Gasteiger partial charge in [-0.2, -0.15) is 0 Å². The molecule has 21 heavy (non-hydrogen) atoms. The molecule has 1 fully saturated rings. The van der Waals surface area contributed by atoms with Gasteiger partial charge < -0.3 is 10.5 Å². The number of nitrogen functional groups attached to an aromatic ring is 1. The van der Waals surface area contributed by atoms with Crippen molar-refractivity contribution in [3.63, 3.8) is 0 Å². The van der Waals surface area contributed by atoms with Gasteiger partial charge in [0.15, 0.2) is 5.82 Å². The first-order valence-corrected chi connectivity index (χ1v) is 7.40. The topological polar surface area (TPSA) is 78.8 Å². The van der Waals surface area contributed by atoms with E-state index in [-0.39, 0.29) is 0 Å². The van der Waals surface area contributed by atoms with Gasteiger partial charge in [0.1, 0.15) is 5.75 Å². The maximum absolute atomic E-state index is 6.09. The number of benzene rings is 1. The highest BCUT2D eigenvalue weighted by Crippen LogP contribution is 2.35. The van der Waals surface area contributed by atoms with Crippen LogP contribution in [0.3, 0.4) is 0 Å². The molecule has 0 radical (unpaired) electrons. The highest BCUT2D eigenvalue weighted by atomic mass is 16.5. The van der Waals surface area contributed by atoms with Gasteiger partial charge in [-0.3, -0.25) is 0 Å². The summed E-state index contributed by atoms with van der Waals surface area (Å²) in [5.74, 6) is 2.28. The second-order valence-corrected chi connectivity index (χ2v) is 5.81. The molecule has 1 aliphatic rings. The molecule has 1 aromatic carbocycles. The summed E-state index contributed by atoms with van der Waals surface area (Å²) in [4.78, 5) is 0. The van der Waals surface area contributed by atoms with Crippen LogP contribution in [0, 0.1) is 5.92 Å². The Morgan fingerprint density at radius 3 is 2.71 bits per heavy atom. The average Bonchev–Trinajstić information content (AvgIpc) is 2.98. The van der Waals surface area contributed by atoms with Gasteiger partial charge in [-0.25, -0.2) is 4.68 Å². The standard InChI is InChI=1S/C15H21N5O/c1-10-3-5-11(6-4-10)20-15(17-18-19-20)13-9-12(21-2)7-8-14(13)16/h7-11H,3-6,16H2,1-2H3. The van der Waals surface area contributed by atoms with E-state index >= 15 is 0 Å². The minimum absolute atomic E-state index is 0.358. The Bertz CT molecular complexity index is 616. The molecule has 1 heterocycles. The molecule has 1 saturated carbocycles. The number of aromatic nitrogens is 4. The molecular formula is C15H21N5O. The molecule has 6 heteroatoms. The van der Waals surface area contributed by atoms with E-state index in [0.717, 1.165) is 35.9 Å². The molecule has 2 aromatic rings. The lowest BCUT2D eigenvalue weighted by Gasteiger charge is -2.26. The molecule has 0 spiro atoms. The zero-order chi connectivity index (χ0) is 14.8. The fourth-order valence-corrected chi connectivity index (χ4v) is 2.96. The molecule has 0 amide bonds. The molecule has 1 aromatic heterocycles. The predicted molar refractivity (Wildman–Crippen MR) is 80.9 cm³/mol. The largest absolute Gasteiger partial charge is 0.497 e. The van der Waals surface area contributed by atoms with Crippen LogP contribution < -0.4 is 10.5 Å². The van der Waals surface area contributed by atoms with Crippen molar-refractivity contribution in [3.05, 3.63) is 18.2 Å². The van der Waals surface area contributed by atoms with E-state index in [4.69, 9.17) is 10.5 Å². The van der Waals surface area contributed by atoms with E-state index in [0.29, 0.717) is 11.7 Å². The van der Waals surface area contributed by atoms with Crippen molar-refractivity contribution >= 4 is 5.69 Å². The van der Waals surface area contributed by atoms with Gasteiger partial charge in [0.05, 0.1) is 13.2 Å². The third-order valence-corrected chi connectivity index (χ3v) is 4.33. The number of methoxy groups -OCH3 is 1. The molecule has 1 aliphatic carbocycles. The highest BCUT2D eigenvalue weighted by molar-refractivity contribution is 5.73. The second-order valence-electron chi connectivity index (χ2n) is 5.81. The molecule has 2 N–H and O–H groups in total. The van der Waals surface area contributed by atoms with Crippen LogP contribution in [-0.4, -0.2) is 27.3 Å². The van der Waals surface area contributed by atoms with Crippen LogP contribution in [0.5, 0.6) is 5.75 Å². The summed E-state index contributed by atoms with van der Waals surface area (Å²) in [7, 11) is 1.64. The maximum Gasteiger partial charge on any atom is 0.184 e. The Kier molecular flexibility index (Phi) is 3.77. The van der Waals surface area contributed by atoms with Gasteiger partial charge in [-0.1, -0.05) is 6.92 Å². The van der Waals surface area contributed by atoms with Crippen LogP contribution in [0.25, 0.3) is 11.4 Å². The van der Waals surface area contributed by atoms with Crippen LogP contribution in [0.15, 0.2) is 18.2 Å². The van der Waals surface area contributed by atoms with Gasteiger partial charge in [0.25, 0.3) is 0 Å². The lowest BCUT2D eigenvalue weighted by Crippen LogP contribution is -2.19. The summed E-state index contributed by atoms with van der Waals surface area (Å²) in [5.41, 5.74) is 7.59. The maximum atomic E-state index is 6.09. The van der Waals surface area contributed by atoms with E-state index < -0.39 is 0 Å². The minimum Gasteiger partial charge on any atom is -0.497 e. The number of nitrogens with zero attached hydrogens (tertiary/aromatic N) is 4. The predicted octanol–water partition coefficient (Wildman–Crippen LogP) is 2.68. The molecule has 6 nitrogen and oxygen atoms in total. The Morgan fingerprint density at radius 2 is 2.00 bits per heavy atom. The van der Waals surface area contributed by atoms with Gasteiger partial charge in [0.2, 0.25) is 0 Å². The molecule has 0 unspecified atom stereocenters. The number of tetrazole rings is 1. The van der Waals surface area contributed by atoms with Crippen molar-refractivity contribution in [2.45, 2.75) is 38.6 Å². The average molecular weight is 287 g/mol. The number of nitrogens with two attached hydrogens (primary N) is 1. The fraction of sp³-hybridized carbons (Fsp3) is 0.533. The van der Waals surface area contributed by atoms with Crippen LogP contribution in [-0.2, 0) is 0 Å². The first-order chi connectivity index (χ1) is 10.2. The summed E-state index contributed by atoms with van der Waals surface area (Å²) >= 11 is 0. The van der Waals surface area contributed by atoms with Crippen molar-refractivity contribution in [1.82, 2.24) is 20.2 Å². The van der Waals surface area contributed by atoms with Gasteiger partial charge >= 0.3 is 0 Å². The van der Waals surface area contributed by atoms with E-state index in [9.17, 15) is 0 Å². The quantitative estimate of drug-likeness (QED) is 0.878. The van der Waals surface area contributed by atoms with E-state index in [1.54, 1.807) is 7.11 Å². The summed E-state index contributed by atoms with van der Waals surface area (Å²) in [6.45, 7) is 2.30. The minimum atomic E-state index is 0.358. The van der Waals surface area contributed by atoms with Crippen molar-refractivity contribution in [1.29, 1.82) is 0 Å². The van der Waals surface area contributed by atoms with Crippen molar-refractivity contribution in [2.24, 2.45) is 5.92 Å². The molecular weight excluding hydrogens is 266 g/mol. The normalized spacial score (nSPS) is 22.2. The second kappa shape index (κ2) is 5.71. The number of rotatable bonds is 3. The monoisotopic (exact) mass is 287 g/mol. The Morgan fingerprint density at radius 1 is 1.24 bits per heavy atom. The number of hydrogen-bond donors (Lipinski definition) is 1. The Labute approximate surface area is 124 Å². The summed E-state index contributed by atoms with van der Waals surface area (Å²) < 4.78 is 7.20. The van der Waals surface area contributed by atoms with Gasteiger partial charge in [-0.15, -0.1) is 5.10 Å². The smallest absolute Gasteiger partial charge is 0.184 e. The Hall–Kier alpha value is -2.11. The summed E-state index contributed by atoms with van der Waals surface area (Å²) in [6.07, 6.45) is 4.67. The first-order valence-electron chi connectivity index (χ1n) is 7.40. The van der Waals surface area contributed by atoms with Crippen LogP contribution in [0.4, 0.5) is 5.69 Å².